The number of ether oxygens (including phenoxy) is 1. The Balaban J connectivity index is 0.00000240. The molecule has 2 aromatic carbocycles. The predicted octanol–water partition coefficient (Wildman–Crippen LogP) is 0.168. The van der Waals surface area contributed by atoms with Gasteiger partial charge in [0.2, 0.25) is 0 Å². The zero-order valence-electron chi connectivity index (χ0n) is 16.0. The molecule has 0 amide bonds. The normalized spacial score (nSPS) is 20.8. The molecule has 0 radical (unpaired) electrons. The molecule has 1 atom stereocenters. The summed E-state index contributed by atoms with van der Waals surface area (Å²) in [5.74, 6) is 1.72. The van der Waals surface area contributed by atoms with Crippen molar-refractivity contribution in [2.45, 2.75) is 19.1 Å². The molecule has 0 saturated carbocycles. The number of β-amino-alcohol motifs (C(OH)–C–C–N with tert-alkyl or cyclic N) is 1. The van der Waals surface area contributed by atoms with Crippen LogP contribution in [0.15, 0.2) is 48.5 Å². The number of para-hydroxylation sites is 2. The lowest BCUT2D eigenvalue weighted by molar-refractivity contribution is -0.656. The van der Waals surface area contributed by atoms with Crippen LogP contribution >= 0.6 is 11.8 Å². The molecule has 0 aliphatic carbocycles. The Bertz CT molecular complexity index is 955. The summed E-state index contributed by atoms with van der Waals surface area (Å²) in [6.45, 7) is 3.45. The van der Waals surface area contributed by atoms with Crippen LogP contribution in [0.3, 0.4) is 0 Å². The average molecular weight is 480 g/mol. The van der Waals surface area contributed by atoms with Crippen molar-refractivity contribution in [3.05, 3.63) is 64.2 Å². The molecule has 2 aromatic rings. The van der Waals surface area contributed by atoms with Crippen molar-refractivity contribution >= 4 is 28.3 Å². The second-order valence-corrected chi connectivity index (χ2v) is 7.81. The van der Waals surface area contributed by atoms with Crippen molar-refractivity contribution in [1.82, 2.24) is 0 Å². The van der Waals surface area contributed by atoms with Gasteiger partial charge >= 0.3 is 5.17 Å². The van der Waals surface area contributed by atoms with E-state index in [0.29, 0.717) is 18.7 Å². The molecule has 1 unspecified atom stereocenters. The first kappa shape index (κ1) is 21.6. The van der Waals surface area contributed by atoms with E-state index in [9.17, 15) is 15.2 Å². The number of rotatable bonds is 5. The maximum Gasteiger partial charge on any atom is 0.316 e. The average Bonchev–Trinajstić information content (AvgIpc) is 3.03. The van der Waals surface area contributed by atoms with Crippen LogP contribution in [0.4, 0.5) is 11.4 Å². The van der Waals surface area contributed by atoms with Gasteiger partial charge in [0.1, 0.15) is 0 Å². The van der Waals surface area contributed by atoms with Gasteiger partial charge in [0, 0.05) is 23.4 Å². The summed E-state index contributed by atoms with van der Waals surface area (Å²) in [4.78, 5) is 12.9. The molecule has 29 heavy (non-hydrogen) atoms. The van der Waals surface area contributed by atoms with Crippen LogP contribution in [0.1, 0.15) is 18.9 Å². The minimum atomic E-state index is -1.34. The highest BCUT2D eigenvalue weighted by Gasteiger charge is 2.54. The Hall–Kier alpha value is -2.10. The van der Waals surface area contributed by atoms with E-state index >= 15 is 0 Å². The molecule has 2 heterocycles. The Morgan fingerprint density at radius 1 is 1.31 bits per heavy atom. The van der Waals surface area contributed by atoms with Gasteiger partial charge in [0.25, 0.3) is 11.4 Å². The lowest BCUT2D eigenvalue weighted by atomic mass is 10.0. The number of anilines is 1. The van der Waals surface area contributed by atoms with Crippen LogP contribution in [0.25, 0.3) is 0 Å². The number of amidine groups is 1. The van der Waals surface area contributed by atoms with E-state index in [4.69, 9.17) is 4.74 Å². The summed E-state index contributed by atoms with van der Waals surface area (Å²) >= 11 is 1.69. The number of halogens is 1. The third-order valence-electron chi connectivity index (χ3n) is 5.02. The summed E-state index contributed by atoms with van der Waals surface area (Å²) in [7, 11) is 0. The largest absolute Gasteiger partial charge is 1.00 e. The van der Waals surface area contributed by atoms with E-state index in [-0.39, 0.29) is 29.2 Å². The zero-order valence-corrected chi connectivity index (χ0v) is 18.4. The summed E-state index contributed by atoms with van der Waals surface area (Å²) in [5.41, 5.74) is 0.0529. The highest BCUT2D eigenvalue weighted by atomic mass is 79.9. The lowest BCUT2D eigenvalue weighted by Gasteiger charge is -2.24. The summed E-state index contributed by atoms with van der Waals surface area (Å²) in [6, 6.07) is 14.1. The lowest BCUT2D eigenvalue weighted by Crippen LogP contribution is -3.00. The first-order valence-electron chi connectivity index (χ1n) is 9.28. The second-order valence-electron chi connectivity index (χ2n) is 6.75. The van der Waals surface area contributed by atoms with Gasteiger partial charge in [-0.15, -0.1) is 0 Å². The quantitative estimate of drug-likeness (QED) is 0.374. The van der Waals surface area contributed by atoms with Gasteiger partial charge in [-0.25, -0.2) is 9.48 Å². The molecule has 4 rings (SSSR count). The minimum Gasteiger partial charge on any atom is -1.00 e. The Labute approximate surface area is 183 Å². The van der Waals surface area contributed by atoms with Crippen LogP contribution in [0.5, 0.6) is 5.75 Å². The van der Waals surface area contributed by atoms with Crippen molar-refractivity contribution in [3.63, 3.8) is 0 Å². The molecule has 9 heteroatoms. The highest BCUT2D eigenvalue weighted by Crippen LogP contribution is 2.41. The van der Waals surface area contributed by atoms with Gasteiger partial charge in [-0.05, 0) is 37.2 Å². The van der Waals surface area contributed by atoms with Gasteiger partial charge in [-0.1, -0.05) is 24.3 Å². The van der Waals surface area contributed by atoms with Gasteiger partial charge in [0.15, 0.2) is 18.0 Å². The molecule has 2 aliphatic rings. The minimum absolute atomic E-state index is 0. The van der Waals surface area contributed by atoms with Crippen LogP contribution in [0.2, 0.25) is 0 Å². The van der Waals surface area contributed by atoms with Gasteiger partial charge < -0.3 is 26.8 Å². The first-order valence-corrected chi connectivity index (χ1v) is 10.3. The van der Waals surface area contributed by atoms with Gasteiger partial charge in [-0.2, -0.15) is 0 Å². The molecule has 154 valence electrons. The fourth-order valence-corrected chi connectivity index (χ4v) is 4.93. The number of benzene rings is 2. The molecule has 0 saturated heterocycles. The molecular formula is C20H22BrN3O4S. The topological polar surface area (TPSA) is 78.9 Å². The monoisotopic (exact) mass is 479 g/mol. The van der Waals surface area contributed by atoms with Crippen LogP contribution in [0, 0.1) is 10.1 Å². The first-order chi connectivity index (χ1) is 13.5. The predicted molar refractivity (Wildman–Crippen MR) is 109 cm³/mol. The van der Waals surface area contributed by atoms with E-state index in [0.717, 1.165) is 28.8 Å². The fourth-order valence-electron chi connectivity index (χ4n) is 3.76. The molecule has 0 spiro atoms. The van der Waals surface area contributed by atoms with Crippen molar-refractivity contribution < 1.29 is 36.3 Å². The number of nitro groups is 1. The Morgan fingerprint density at radius 3 is 2.86 bits per heavy atom. The fraction of sp³-hybridized carbons (Fsp3) is 0.350. The molecule has 1 N–H and O–H groups in total. The van der Waals surface area contributed by atoms with Crippen molar-refractivity contribution in [2.24, 2.45) is 0 Å². The molecule has 2 aliphatic heterocycles. The number of thioether (sulfide) groups is 1. The number of nitro benzene ring substituents is 1. The number of hydrogen-bond acceptors (Lipinski definition) is 6. The van der Waals surface area contributed by atoms with E-state index in [1.165, 1.54) is 12.1 Å². The Morgan fingerprint density at radius 2 is 2.10 bits per heavy atom. The van der Waals surface area contributed by atoms with Crippen molar-refractivity contribution in [3.8, 4) is 5.75 Å². The van der Waals surface area contributed by atoms with E-state index in [1.807, 2.05) is 35.8 Å². The number of aliphatic hydroxyl groups is 1. The molecule has 7 nitrogen and oxygen atoms in total. The van der Waals surface area contributed by atoms with Crippen molar-refractivity contribution in [2.75, 3.05) is 30.3 Å². The van der Waals surface area contributed by atoms with Crippen LogP contribution in [-0.4, -0.2) is 45.2 Å². The molecule has 0 aromatic heterocycles. The second kappa shape index (κ2) is 8.73. The third-order valence-corrected chi connectivity index (χ3v) is 6.21. The van der Waals surface area contributed by atoms with Gasteiger partial charge in [0.05, 0.1) is 18.1 Å². The zero-order chi connectivity index (χ0) is 19.7. The van der Waals surface area contributed by atoms with E-state index in [2.05, 4.69) is 4.90 Å². The highest BCUT2D eigenvalue weighted by molar-refractivity contribution is 8.13. The summed E-state index contributed by atoms with van der Waals surface area (Å²) in [6.07, 6.45) is 0.937. The number of nitrogens with zero attached hydrogens (tertiary/aromatic N) is 3. The molecule has 0 bridgehead atoms. The smallest absolute Gasteiger partial charge is 0.316 e. The number of non-ortho nitro benzene ring substituents is 1. The number of hydrogen-bond donors (Lipinski definition) is 1. The molecular weight excluding hydrogens is 458 g/mol. The standard InChI is InChI=1S/C20H22N3O4S.BrH/c1-2-27-18-10-4-3-9-17(18)21-14-20(24,22-11-6-12-28-19(21)22)15-7-5-8-16(13-15)23(25)26;/h3-5,7-10,13,24H,2,6,11-12,14H2,1H3;1H/q+1;/p-1. The summed E-state index contributed by atoms with van der Waals surface area (Å²) in [5, 5.41) is 23.9. The van der Waals surface area contributed by atoms with Crippen LogP contribution < -0.4 is 26.6 Å². The van der Waals surface area contributed by atoms with E-state index in [1.54, 1.807) is 23.9 Å². The van der Waals surface area contributed by atoms with Crippen LogP contribution in [-0.2, 0) is 5.72 Å². The third kappa shape index (κ3) is 3.86. The maximum atomic E-state index is 11.7. The van der Waals surface area contributed by atoms with E-state index < -0.39 is 10.6 Å². The molecule has 0 fully saturated rings. The Kier molecular flexibility index (Phi) is 6.50. The van der Waals surface area contributed by atoms with Crippen molar-refractivity contribution in [1.29, 1.82) is 0 Å². The SMILES string of the molecule is CCOc1ccccc1N1CC(O)(c2cccc([N+](=O)[O-])c2)[N+]2=C1SCCC2.[Br-]. The maximum absolute atomic E-state index is 11.7. The van der Waals surface area contributed by atoms with Gasteiger partial charge in [-0.3, -0.25) is 10.1 Å². The summed E-state index contributed by atoms with van der Waals surface area (Å²) < 4.78 is 7.76.